The van der Waals surface area contributed by atoms with Crippen molar-refractivity contribution in [3.63, 3.8) is 0 Å². The van der Waals surface area contributed by atoms with Gasteiger partial charge in [-0.05, 0) is 47.2 Å². The number of thiophene rings is 1. The second-order valence-corrected chi connectivity index (χ2v) is 4.48. The highest BCUT2D eigenvalue weighted by Crippen LogP contribution is 2.29. The lowest BCUT2D eigenvalue weighted by molar-refractivity contribution is 0.627. The molecule has 2 aromatic rings. The number of halogens is 1. The molecule has 0 aliphatic rings. The van der Waals surface area contributed by atoms with Gasteiger partial charge < -0.3 is 5.73 Å². The molecule has 15 heavy (non-hydrogen) atoms. The molecule has 3 heteroatoms. The summed E-state index contributed by atoms with van der Waals surface area (Å²) in [5, 5.41) is 1.98. The first-order valence-corrected chi connectivity index (χ1v) is 5.62. The van der Waals surface area contributed by atoms with Crippen LogP contribution < -0.4 is 5.73 Å². The molecule has 0 aliphatic carbocycles. The normalized spacial score (nSPS) is 10.6. The molecular formula is C12H12FNS. The molecule has 2 N–H and O–H groups in total. The van der Waals surface area contributed by atoms with E-state index < -0.39 is 0 Å². The van der Waals surface area contributed by atoms with Crippen molar-refractivity contribution in [1.82, 2.24) is 0 Å². The van der Waals surface area contributed by atoms with E-state index in [0.29, 0.717) is 6.54 Å². The number of hydrogen-bond acceptors (Lipinski definition) is 2. The van der Waals surface area contributed by atoms with E-state index in [1.54, 1.807) is 17.4 Å². The fraction of sp³-hybridized carbons (Fsp3) is 0.167. The van der Waals surface area contributed by atoms with Crippen molar-refractivity contribution in [2.75, 3.05) is 0 Å². The zero-order valence-electron chi connectivity index (χ0n) is 8.46. The smallest absolute Gasteiger partial charge is 0.124 e. The van der Waals surface area contributed by atoms with Gasteiger partial charge in [0.05, 0.1) is 0 Å². The van der Waals surface area contributed by atoms with Crippen LogP contribution in [0.1, 0.15) is 10.4 Å². The Bertz CT molecular complexity index is 456. The van der Waals surface area contributed by atoms with Crippen molar-refractivity contribution < 1.29 is 4.39 Å². The Balaban J connectivity index is 2.53. The van der Waals surface area contributed by atoms with Gasteiger partial charge in [0.1, 0.15) is 5.82 Å². The van der Waals surface area contributed by atoms with E-state index in [4.69, 9.17) is 5.73 Å². The Hall–Kier alpha value is -1.19. The SMILES string of the molecule is Cc1cc(F)cc(-c2ccsc2CN)c1. The van der Waals surface area contributed by atoms with Crippen LogP contribution in [0.5, 0.6) is 0 Å². The first kappa shape index (κ1) is 10.3. The van der Waals surface area contributed by atoms with Crippen LogP contribution in [0.3, 0.4) is 0 Å². The molecule has 0 aliphatic heterocycles. The molecular weight excluding hydrogens is 209 g/mol. The predicted molar refractivity (Wildman–Crippen MR) is 62.3 cm³/mol. The molecule has 1 heterocycles. The zero-order valence-corrected chi connectivity index (χ0v) is 9.27. The lowest BCUT2D eigenvalue weighted by Gasteiger charge is -2.03. The summed E-state index contributed by atoms with van der Waals surface area (Å²) >= 11 is 1.61. The summed E-state index contributed by atoms with van der Waals surface area (Å²) in [7, 11) is 0. The second-order valence-electron chi connectivity index (χ2n) is 3.48. The van der Waals surface area contributed by atoms with Gasteiger partial charge in [-0.1, -0.05) is 6.07 Å². The van der Waals surface area contributed by atoms with Crippen LogP contribution in [0.15, 0.2) is 29.6 Å². The molecule has 0 fully saturated rings. The molecule has 1 aromatic heterocycles. The van der Waals surface area contributed by atoms with Gasteiger partial charge >= 0.3 is 0 Å². The molecule has 0 unspecified atom stereocenters. The van der Waals surface area contributed by atoms with Gasteiger partial charge in [-0.2, -0.15) is 0 Å². The predicted octanol–water partition coefficient (Wildman–Crippen LogP) is 3.32. The van der Waals surface area contributed by atoms with E-state index in [0.717, 1.165) is 21.6 Å². The maximum atomic E-state index is 13.2. The monoisotopic (exact) mass is 221 g/mol. The largest absolute Gasteiger partial charge is 0.326 e. The van der Waals surface area contributed by atoms with Crippen molar-refractivity contribution in [3.8, 4) is 11.1 Å². The minimum Gasteiger partial charge on any atom is -0.326 e. The minimum atomic E-state index is -0.195. The molecule has 0 amide bonds. The highest BCUT2D eigenvalue weighted by atomic mass is 32.1. The topological polar surface area (TPSA) is 26.0 Å². The van der Waals surface area contributed by atoms with Crippen LogP contribution >= 0.6 is 11.3 Å². The highest BCUT2D eigenvalue weighted by Gasteiger charge is 2.06. The Labute approximate surface area is 92.4 Å². The summed E-state index contributed by atoms with van der Waals surface area (Å²) in [6.45, 7) is 2.39. The van der Waals surface area contributed by atoms with Crippen LogP contribution in [0.2, 0.25) is 0 Å². The lowest BCUT2D eigenvalue weighted by Crippen LogP contribution is -1.95. The maximum absolute atomic E-state index is 13.2. The number of nitrogens with two attached hydrogens (primary N) is 1. The van der Waals surface area contributed by atoms with Crippen LogP contribution in [0.25, 0.3) is 11.1 Å². The van der Waals surface area contributed by atoms with Crippen molar-refractivity contribution in [2.24, 2.45) is 5.73 Å². The second kappa shape index (κ2) is 4.13. The van der Waals surface area contributed by atoms with E-state index in [2.05, 4.69) is 0 Å². The van der Waals surface area contributed by atoms with Crippen molar-refractivity contribution in [3.05, 3.63) is 45.9 Å². The molecule has 0 saturated heterocycles. The lowest BCUT2D eigenvalue weighted by atomic mass is 10.0. The molecule has 0 bridgehead atoms. The van der Waals surface area contributed by atoms with Gasteiger partial charge in [0.2, 0.25) is 0 Å². The fourth-order valence-electron chi connectivity index (χ4n) is 1.65. The molecule has 0 atom stereocenters. The van der Waals surface area contributed by atoms with Gasteiger partial charge in [-0.3, -0.25) is 0 Å². The number of benzene rings is 1. The van der Waals surface area contributed by atoms with Crippen LogP contribution in [-0.2, 0) is 6.54 Å². The van der Waals surface area contributed by atoms with Crippen molar-refractivity contribution >= 4 is 11.3 Å². The van der Waals surface area contributed by atoms with E-state index in [9.17, 15) is 4.39 Å². The Morgan fingerprint density at radius 2 is 2.13 bits per heavy atom. The molecule has 2 rings (SSSR count). The summed E-state index contributed by atoms with van der Waals surface area (Å²) < 4.78 is 13.2. The summed E-state index contributed by atoms with van der Waals surface area (Å²) in [6, 6.07) is 7.04. The zero-order chi connectivity index (χ0) is 10.8. The van der Waals surface area contributed by atoms with Gasteiger partial charge in [0.15, 0.2) is 0 Å². The molecule has 1 aromatic carbocycles. The first-order chi connectivity index (χ1) is 7.20. The van der Waals surface area contributed by atoms with E-state index in [1.165, 1.54) is 6.07 Å². The summed E-state index contributed by atoms with van der Waals surface area (Å²) in [6.07, 6.45) is 0. The Morgan fingerprint density at radius 1 is 1.33 bits per heavy atom. The summed E-state index contributed by atoms with van der Waals surface area (Å²) in [5.74, 6) is -0.195. The molecule has 1 nitrogen and oxygen atoms in total. The third-order valence-electron chi connectivity index (χ3n) is 2.28. The van der Waals surface area contributed by atoms with Gasteiger partial charge in [-0.25, -0.2) is 4.39 Å². The molecule has 0 saturated carbocycles. The van der Waals surface area contributed by atoms with Crippen molar-refractivity contribution in [1.29, 1.82) is 0 Å². The first-order valence-electron chi connectivity index (χ1n) is 4.74. The average Bonchev–Trinajstić information content (AvgIpc) is 2.63. The average molecular weight is 221 g/mol. The third kappa shape index (κ3) is 2.08. The van der Waals surface area contributed by atoms with Gasteiger partial charge in [0, 0.05) is 11.4 Å². The Kier molecular flexibility index (Phi) is 2.84. The van der Waals surface area contributed by atoms with E-state index in [1.807, 2.05) is 24.4 Å². The van der Waals surface area contributed by atoms with Crippen LogP contribution in [0, 0.1) is 12.7 Å². The summed E-state index contributed by atoms with van der Waals surface area (Å²) in [5.41, 5.74) is 8.51. The number of hydrogen-bond donors (Lipinski definition) is 1. The number of rotatable bonds is 2. The van der Waals surface area contributed by atoms with E-state index >= 15 is 0 Å². The molecule has 0 spiro atoms. The fourth-order valence-corrected chi connectivity index (χ4v) is 2.43. The molecule has 78 valence electrons. The molecule has 0 radical (unpaired) electrons. The van der Waals surface area contributed by atoms with Crippen LogP contribution in [0.4, 0.5) is 4.39 Å². The van der Waals surface area contributed by atoms with Gasteiger partial charge in [-0.15, -0.1) is 11.3 Å². The minimum absolute atomic E-state index is 0.195. The highest BCUT2D eigenvalue weighted by molar-refractivity contribution is 7.10. The maximum Gasteiger partial charge on any atom is 0.124 e. The summed E-state index contributed by atoms with van der Waals surface area (Å²) in [4.78, 5) is 1.10. The van der Waals surface area contributed by atoms with Gasteiger partial charge in [0.25, 0.3) is 0 Å². The van der Waals surface area contributed by atoms with E-state index in [-0.39, 0.29) is 5.82 Å². The standard InChI is InChI=1S/C12H12FNS/c1-8-4-9(6-10(13)5-8)11-2-3-15-12(11)7-14/h2-6H,7,14H2,1H3. The Morgan fingerprint density at radius 3 is 2.80 bits per heavy atom. The third-order valence-corrected chi connectivity index (χ3v) is 3.23. The van der Waals surface area contributed by atoms with Crippen LogP contribution in [-0.4, -0.2) is 0 Å². The number of aryl methyl sites for hydroxylation is 1. The quantitative estimate of drug-likeness (QED) is 0.827. The van der Waals surface area contributed by atoms with Crippen molar-refractivity contribution in [2.45, 2.75) is 13.5 Å².